The van der Waals surface area contributed by atoms with Crippen LogP contribution in [-0.2, 0) is 6.42 Å². The zero-order valence-corrected chi connectivity index (χ0v) is 8.36. The van der Waals surface area contributed by atoms with E-state index in [4.69, 9.17) is 0 Å². The van der Waals surface area contributed by atoms with Gasteiger partial charge in [-0.15, -0.1) is 0 Å². The highest BCUT2D eigenvalue weighted by molar-refractivity contribution is 5.09. The molecule has 0 aliphatic rings. The van der Waals surface area contributed by atoms with Crippen LogP contribution >= 0.6 is 0 Å². The number of aliphatic hydroxyl groups is 1. The summed E-state index contributed by atoms with van der Waals surface area (Å²) in [7, 11) is 0. The summed E-state index contributed by atoms with van der Waals surface area (Å²) in [5.41, 5.74) is 1.80. The average molecular weight is 180 g/mol. The fraction of sp³-hybridized carbons (Fsp3) is 0.600. The molecule has 0 amide bonds. The fourth-order valence-corrected chi connectivity index (χ4v) is 1.07. The van der Waals surface area contributed by atoms with Gasteiger partial charge in [0.2, 0.25) is 0 Å². The predicted molar refractivity (Wildman–Crippen MR) is 51.3 cm³/mol. The maximum absolute atomic E-state index is 9.64. The molecule has 0 aliphatic carbocycles. The van der Waals surface area contributed by atoms with Gasteiger partial charge in [0.1, 0.15) is 0 Å². The first kappa shape index (κ1) is 10.1. The lowest BCUT2D eigenvalue weighted by atomic mass is 10.0. The quantitative estimate of drug-likeness (QED) is 0.763. The summed E-state index contributed by atoms with van der Waals surface area (Å²) in [6.07, 6.45) is 3.60. The standard InChI is InChI=1S/C10H16N2O/c1-7(2)10(13)6-9-8(3)11-4-5-12-9/h4-5,7,10,13H,6H2,1-3H3. The van der Waals surface area contributed by atoms with Crippen LogP contribution in [0.25, 0.3) is 0 Å². The fourth-order valence-electron chi connectivity index (χ4n) is 1.07. The van der Waals surface area contributed by atoms with Crippen LogP contribution in [0.5, 0.6) is 0 Å². The van der Waals surface area contributed by atoms with E-state index >= 15 is 0 Å². The Hall–Kier alpha value is -0.960. The van der Waals surface area contributed by atoms with Crippen LogP contribution in [0.4, 0.5) is 0 Å². The molecule has 3 nitrogen and oxygen atoms in total. The highest BCUT2D eigenvalue weighted by Crippen LogP contribution is 2.09. The highest BCUT2D eigenvalue weighted by atomic mass is 16.3. The van der Waals surface area contributed by atoms with Crippen LogP contribution in [0, 0.1) is 12.8 Å². The Morgan fingerprint density at radius 2 is 1.92 bits per heavy atom. The van der Waals surface area contributed by atoms with Gasteiger partial charge >= 0.3 is 0 Å². The van der Waals surface area contributed by atoms with Gasteiger partial charge in [0.25, 0.3) is 0 Å². The third-order valence-corrected chi connectivity index (χ3v) is 2.15. The van der Waals surface area contributed by atoms with E-state index in [9.17, 15) is 5.11 Å². The van der Waals surface area contributed by atoms with E-state index in [1.807, 2.05) is 20.8 Å². The molecule has 0 aliphatic heterocycles. The number of hydrogen-bond donors (Lipinski definition) is 1. The summed E-state index contributed by atoms with van der Waals surface area (Å²) < 4.78 is 0. The molecule has 1 aromatic heterocycles. The van der Waals surface area contributed by atoms with Crippen molar-refractivity contribution < 1.29 is 5.11 Å². The van der Waals surface area contributed by atoms with E-state index in [1.54, 1.807) is 12.4 Å². The summed E-state index contributed by atoms with van der Waals surface area (Å²) in [4.78, 5) is 8.30. The molecular formula is C10H16N2O. The number of aromatic nitrogens is 2. The van der Waals surface area contributed by atoms with Crippen molar-refractivity contribution in [3.8, 4) is 0 Å². The molecular weight excluding hydrogens is 164 g/mol. The summed E-state index contributed by atoms with van der Waals surface area (Å²) >= 11 is 0. The summed E-state index contributed by atoms with van der Waals surface area (Å²) in [5, 5.41) is 9.64. The second-order valence-electron chi connectivity index (χ2n) is 3.60. The Morgan fingerprint density at radius 1 is 1.31 bits per heavy atom. The first-order valence-electron chi connectivity index (χ1n) is 4.55. The maximum Gasteiger partial charge on any atom is 0.0641 e. The van der Waals surface area contributed by atoms with E-state index in [2.05, 4.69) is 9.97 Å². The van der Waals surface area contributed by atoms with Crippen molar-refractivity contribution in [3.63, 3.8) is 0 Å². The van der Waals surface area contributed by atoms with Crippen LogP contribution in [-0.4, -0.2) is 21.2 Å². The minimum Gasteiger partial charge on any atom is -0.392 e. The van der Waals surface area contributed by atoms with Gasteiger partial charge in [-0.1, -0.05) is 13.8 Å². The van der Waals surface area contributed by atoms with E-state index < -0.39 is 0 Å². The van der Waals surface area contributed by atoms with E-state index in [0.717, 1.165) is 11.4 Å². The Bertz CT molecular complexity index is 273. The molecule has 0 fully saturated rings. The molecule has 3 heteroatoms. The Balaban J connectivity index is 2.69. The van der Waals surface area contributed by atoms with Crippen molar-refractivity contribution in [2.75, 3.05) is 0 Å². The van der Waals surface area contributed by atoms with Gasteiger partial charge in [0.05, 0.1) is 17.5 Å². The lowest BCUT2D eigenvalue weighted by Gasteiger charge is -2.14. The summed E-state index contributed by atoms with van der Waals surface area (Å²) in [6, 6.07) is 0. The van der Waals surface area contributed by atoms with Gasteiger partial charge in [-0.25, -0.2) is 0 Å². The van der Waals surface area contributed by atoms with Crippen LogP contribution in [0.2, 0.25) is 0 Å². The van der Waals surface area contributed by atoms with Gasteiger partial charge in [-0.05, 0) is 12.8 Å². The molecule has 1 unspecified atom stereocenters. The largest absolute Gasteiger partial charge is 0.392 e. The lowest BCUT2D eigenvalue weighted by Crippen LogP contribution is -2.19. The van der Waals surface area contributed by atoms with Crippen molar-refractivity contribution in [2.45, 2.75) is 33.3 Å². The molecule has 1 N–H and O–H groups in total. The SMILES string of the molecule is Cc1nccnc1CC(O)C(C)C. The van der Waals surface area contributed by atoms with Gasteiger partial charge in [0.15, 0.2) is 0 Å². The van der Waals surface area contributed by atoms with Crippen molar-refractivity contribution in [1.29, 1.82) is 0 Å². The zero-order chi connectivity index (χ0) is 9.84. The number of hydrogen-bond acceptors (Lipinski definition) is 3. The van der Waals surface area contributed by atoms with Crippen molar-refractivity contribution in [1.82, 2.24) is 9.97 Å². The third-order valence-electron chi connectivity index (χ3n) is 2.15. The van der Waals surface area contributed by atoms with Crippen LogP contribution in [0.1, 0.15) is 25.2 Å². The van der Waals surface area contributed by atoms with Gasteiger partial charge in [0, 0.05) is 18.8 Å². The van der Waals surface area contributed by atoms with Crippen molar-refractivity contribution >= 4 is 0 Å². The Kier molecular flexibility index (Phi) is 3.37. The molecule has 13 heavy (non-hydrogen) atoms. The summed E-state index contributed by atoms with van der Waals surface area (Å²) in [6.45, 7) is 5.90. The van der Waals surface area contributed by atoms with Crippen molar-refractivity contribution in [2.24, 2.45) is 5.92 Å². The van der Waals surface area contributed by atoms with E-state index in [1.165, 1.54) is 0 Å². The first-order valence-corrected chi connectivity index (χ1v) is 4.55. The molecule has 1 heterocycles. The average Bonchev–Trinajstić information content (AvgIpc) is 2.08. The number of aliphatic hydroxyl groups excluding tert-OH is 1. The molecule has 1 atom stereocenters. The number of rotatable bonds is 3. The molecule has 72 valence electrons. The van der Waals surface area contributed by atoms with Crippen molar-refractivity contribution in [3.05, 3.63) is 23.8 Å². The maximum atomic E-state index is 9.64. The second-order valence-corrected chi connectivity index (χ2v) is 3.60. The highest BCUT2D eigenvalue weighted by Gasteiger charge is 2.12. The first-order chi connectivity index (χ1) is 6.11. The topological polar surface area (TPSA) is 46.0 Å². The second kappa shape index (κ2) is 4.33. The minimum atomic E-state index is -0.324. The molecule has 0 saturated carbocycles. The van der Waals surface area contributed by atoms with Crippen LogP contribution in [0.15, 0.2) is 12.4 Å². The van der Waals surface area contributed by atoms with Gasteiger partial charge < -0.3 is 5.11 Å². The predicted octanol–water partition coefficient (Wildman–Crippen LogP) is 1.34. The van der Waals surface area contributed by atoms with E-state index in [0.29, 0.717) is 6.42 Å². The Morgan fingerprint density at radius 3 is 2.46 bits per heavy atom. The number of aryl methyl sites for hydroxylation is 1. The molecule has 0 aromatic carbocycles. The normalized spacial score (nSPS) is 13.3. The molecule has 1 aromatic rings. The Labute approximate surface area is 78.9 Å². The van der Waals surface area contributed by atoms with Gasteiger partial charge in [-0.2, -0.15) is 0 Å². The van der Waals surface area contributed by atoms with Crippen LogP contribution in [0.3, 0.4) is 0 Å². The molecule has 1 rings (SSSR count). The minimum absolute atomic E-state index is 0.265. The third kappa shape index (κ3) is 2.77. The molecule has 0 radical (unpaired) electrons. The lowest BCUT2D eigenvalue weighted by molar-refractivity contribution is 0.124. The van der Waals surface area contributed by atoms with E-state index in [-0.39, 0.29) is 12.0 Å². The zero-order valence-electron chi connectivity index (χ0n) is 8.36. The molecule has 0 bridgehead atoms. The smallest absolute Gasteiger partial charge is 0.0641 e. The van der Waals surface area contributed by atoms with Gasteiger partial charge in [-0.3, -0.25) is 9.97 Å². The van der Waals surface area contributed by atoms with Crippen LogP contribution < -0.4 is 0 Å². The molecule has 0 spiro atoms. The monoisotopic (exact) mass is 180 g/mol. The summed E-state index contributed by atoms with van der Waals surface area (Å²) in [5.74, 6) is 0.265. The number of nitrogens with zero attached hydrogens (tertiary/aromatic N) is 2. The molecule has 0 saturated heterocycles.